The molecule has 0 spiro atoms. The minimum Gasteiger partial charge on any atom is -0.408 e. The van der Waals surface area contributed by atoms with Crippen LogP contribution in [0.5, 0.6) is 34.5 Å². The largest absolute Gasteiger partial charge is 0.530 e. The topological polar surface area (TPSA) is 55.4 Å². The zero-order valence-corrected chi connectivity index (χ0v) is 42.9. The first-order valence-electron chi connectivity index (χ1n) is 24.2. The minimum atomic E-state index is -2.17. The summed E-state index contributed by atoms with van der Waals surface area (Å²) in [6, 6.07) is 80.3. The average Bonchev–Trinajstić information content (AvgIpc) is 3.42. The van der Waals surface area contributed by atoms with E-state index in [1.165, 1.54) is 0 Å². The number of rotatable bonds is 14. The van der Waals surface area contributed by atoms with E-state index in [-0.39, 0.29) is 5.41 Å². The van der Waals surface area contributed by atoms with Crippen LogP contribution in [0.1, 0.15) is 26.3 Å². The maximum Gasteiger partial charge on any atom is 0.530 e. The van der Waals surface area contributed by atoms with E-state index in [2.05, 4.69) is 154 Å². The molecule has 6 nitrogen and oxygen atoms in total. The van der Waals surface area contributed by atoms with Gasteiger partial charge in [-0.15, -0.1) is 0 Å². The molecule has 0 atom stereocenters. The molecule has 0 aromatic heterocycles. The number of hydrogen-bond donors (Lipinski definition) is 0. The van der Waals surface area contributed by atoms with E-state index >= 15 is 0 Å². The molecular formula is C64H48O6P2S. The van der Waals surface area contributed by atoms with Gasteiger partial charge in [0.25, 0.3) is 0 Å². The highest BCUT2D eigenvalue weighted by Gasteiger charge is 2.32. The molecule has 0 bridgehead atoms. The normalized spacial score (nSPS) is 11.8. The fraction of sp³-hybridized carbons (Fsp3) is 0.0625. The fourth-order valence-electron chi connectivity index (χ4n) is 9.24. The van der Waals surface area contributed by atoms with Crippen LogP contribution in [0.4, 0.5) is 0 Å². The van der Waals surface area contributed by atoms with Crippen LogP contribution in [0.3, 0.4) is 0 Å². The molecule has 0 saturated carbocycles. The van der Waals surface area contributed by atoms with E-state index in [9.17, 15) is 0 Å². The van der Waals surface area contributed by atoms with Gasteiger partial charge in [-0.2, -0.15) is 0 Å². The Labute approximate surface area is 431 Å². The van der Waals surface area contributed by atoms with E-state index < -0.39 is 17.2 Å². The van der Waals surface area contributed by atoms with Crippen molar-refractivity contribution in [1.29, 1.82) is 0 Å². The zero-order valence-electron chi connectivity index (χ0n) is 40.3. The Hall–Kier alpha value is -7.79. The molecule has 0 radical (unpaired) electrons. The summed E-state index contributed by atoms with van der Waals surface area (Å²) in [6.07, 6.45) is 0. The standard InChI is InChI=1S/C64H48O6P2S/c1-64(2,3)55-42-48-25-9-15-35-54(48)63(61(55)70-72(67-58-38-18-28-45-22-6-12-32-51(45)58)68-59-39-19-29-46-23-7-13-33-52(46)59)73-62-53-34-14-8-24-47(53)40-41-60(62)69-71(65-56-36-16-26-43-20-4-10-30-49(43)56)66-57-37-17-27-44-21-5-11-31-50(44)57/h4-42H,1-3H3. The van der Waals surface area contributed by atoms with Gasteiger partial charge in [0.05, 0.1) is 9.79 Å². The third-order valence-electron chi connectivity index (χ3n) is 12.8. The van der Waals surface area contributed by atoms with Crippen LogP contribution in [0.2, 0.25) is 0 Å². The van der Waals surface area contributed by atoms with Gasteiger partial charge in [-0.1, -0.05) is 233 Å². The summed E-state index contributed by atoms with van der Waals surface area (Å²) >= 11 is 1.60. The van der Waals surface area contributed by atoms with Crippen LogP contribution in [0, 0.1) is 0 Å². The molecule has 12 aromatic carbocycles. The Morgan fingerprint density at radius 3 is 1.01 bits per heavy atom. The van der Waals surface area contributed by atoms with Crippen LogP contribution in [-0.2, 0) is 5.41 Å². The molecule has 12 rings (SSSR count). The average molecular weight is 1010 g/mol. The Kier molecular flexibility index (Phi) is 12.7. The van der Waals surface area contributed by atoms with Crippen molar-refractivity contribution in [3.8, 4) is 34.5 Å². The molecule has 0 saturated heterocycles. The van der Waals surface area contributed by atoms with Crippen molar-refractivity contribution >= 4 is 93.6 Å². The SMILES string of the molecule is CC(C)(C)c1cc2ccccc2c(Sc2c(OP(Oc3cccc4ccccc34)Oc3cccc4ccccc34)ccc3ccccc23)c1OP(Oc1cccc2ccccc12)Oc1cccc2ccccc12. The van der Waals surface area contributed by atoms with Crippen LogP contribution in [0.15, 0.2) is 246 Å². The van der Waals surface area contributed by atoms with E-state index in [0.29, 0.717) is 34.5 Å². The van der Waals surface area contributed by atoms with E-state index in [1.54, 1.807) is 11.8 Å². The third-order valence-corrected chi connectivity index (χ3v) is 16.1. The smallest absolute Gasteiger partial charge is 0.408 e. The molecule has 12 aromatic rings. The van der Waals surface area contributed by atoms with Gasteiger partial charge in [-0.05, 0) is 84.9 Å². The second-order valence-corrected chi connectivity index (χ2v) is 21.7. The van der Waals surface area contributed by atoms with Crippen molar-refractivity contribution in [2.45, 2.75) is 36.0 Å². The molecule has 0 heterocycles. The molecule has 0 amide bonds. The van der Waals surface area contributed by atoms with Gasteiger partial charge in [0, 0.05) is 27.1 Å². The van der Waals surface area contributed by atoms with Gasteiger partial charge < -0.3 is 27.1 Å². The van der Waals surface area contributed by atoms with Crippen LogP contribution >= 0.6 is 29.0 Å². The van der Waals surface area contributed by atoms with Crippen molar-refractivity contribution in [2.75, 3.05) is 0 Å². The van der Waals surface area contributed by atoms with Gasteiger partial charge in [-0.25, -0.2) is 0 Å². The fourth-order valence-corrected chi connectivity index (χ4v) is 12.8. The van der Waals surface area contributed by atoms with Crippen LogP contribution in [-0.4, -0.2) is 0 Å². The van der Waals surface area contributed by atoms with Gasteiger partial charge in [0.1, 0.15) is 34.5 Å². The van der Waals surface area contributed by atoms with Crippen LogP contribution in [0.25, 0.3) is 64.6 Å². The second kappa shape index (κ2) is 20.0. The molecule has 9 heteroatoms. The van der Waals surface area contributed by atoms with E-state index in [1.807, 2.05) is 103 Å². The monoisotopic (exact) mass is 1010 g/mol. The Morgan fingerprint density at radius 1 is 0.288 bits per heavy atom. The Morgan fingerprint density at radius 2 is 0.603 bits per heavy atom. The van der Waals surface area contributed by atoms with Crippen molar-refractivity contribution in [2.24, 2.45) is 0 Å². The predicted octanol–water partition coefficient (Wildman–Crippen LogP) is 19.6. The zero-order chi connectivity index (χ0) is 49.3. The summed E-state index contributed by atoms with van der Waals surface area (Å²) in [5, 5.41) is 12.1. The third kappa shape index (κ3) is 9.56. The Bertz CT molecular complexity index is 3820. The number of fused-ring (bicyclic) bond motifs is 6. The lowest BCUT2D eigenvalue weighted by atomic mass is 9.85. The van der Waals surface area contributed by atoms with Gasteiger partial charge in [0.2, 0.25) is 0 Å². The highest BCUT2D eigenvalue weighted by atomic mass is 32.2. The van der Waals surface area contributed by atoms with E-state index in [0.717, 1.165) is 80.0 Å². The summed E-state index contributed by atoms with van der Waals surface area (Å²) in [4.78, 5) is 1.75. The minimum absolute atomic E-state index is 0.389. The van der Waals surface area contributed by atoms with Crippen LogP contribution < -0.4 is 27.1 Å². The number of hydrogen-bond acceptors (Lipinski definition) is 7. The molecule has 73 heavy (non-hydrogen) atoms. The maximum atomic E-state index is 7.48. The lowest BCUT2D eigenvalue weighted by Gasteiger charge is -2.28. The van der Waals surface area contributed by atoms with Crippen molar-refractivity contribution in [3.05, 3.63) is 242 Å². The van der Waals surface area contributed by atoms with Crippen molar-refractivity contribution in [1.82, 2.24) is 0 Å². The summed E-state index contributed by atoms with van der Waals surface area (Å²) in [7, 11) is -4.30. The number of benzene rings is 12. The first kappa shape index (κ1) is 46.3. The molecular weight excluding hydrogens is 959 g/mol. The quantitative estimate of drug-likeness (QED) is 0.101. The first-order chi connectivity index (χ1) is 35.8. The molecule has 0 aliphatic carbocycles. The first-order valence-corrected chi connectivity index (χ1v) is 27.2. The highest BCUT2D eigenvalue weighted by Crippen LogP contribution is 2.56. The van der Waals surface area contributed by atoms with Gasteiger partial charge >= 0.3 is 17.2 Å². The molecule has 0 N–H and O–H groups in total. The maximum absolute atomic E-state index is 7.48. The molecule has 0 aliphatic heterocycles. The summed E-state index contributed by atoms with van der Waals surface area (Å²) < 4.78 is 42.7. The molecule has 0 unspecified atom stereocenters. The molecule has 0 fully saturated rings. The summed E-state index contributed by atoms with van der Waals surface area (Å²) in [5.41, 5.74) is 0.604. The summed E-state index contributed by atoms with van der Waals surface area (Å²) in [5.74, 6) is 3.88. The molecule has 0 aliphatic rings. The van der Waals surface area contributed by atoms with E-state index in [4.69, 9.17) is 27.1 Å². The van der Waals surface area contributed by atoms with Gasteiger partial charge in [-0.3, -0.25) is 0 Å². The van der Waals surface area contributed by atoms with Crippen molar-refractivity contribution in [3.63, 3.8) is 0 Å². The van der Waals surface area contributed by atoms with Gasteiger partial charge in [0.15, 0.2) is 0 Å². The predicted molar refractivity (Wildman–Crippen MR) is 304 cm³/mol. The lowest BCUT2D eigenvalue weighted by Crippen LogP contribution is -2.15. The summed E-state index contributed by atoms with van der Waals surface area (Å²) in [6.45, 7) is 6.64. The van der Waals surface area contributed by atoms with Crippen molar-refractivity contribution < 1.29 is 27.1 Å². The lowest BCUT2D eigenvalue weighted by molar-refractivity contribution is 0.382. The highest BCUT2D eigenvalue weighted by molar-refractivity contribution is 8.00. The Balaban J connectivity index is 1.02. The molecule has 356 valence electrons. The second-order valence-electron chi connectivity index (χ2n) is 18.7.